The van der Waals surface area contributed by atoms with E-state index in [-0.39, 0.29) is 5.91 Å². The first-order valence-corrected chi connectivity index (χ1v) is 7.93. The minimum Gasteiger partial charge on any atom is -0.382 e. The van der Waals surface area contributed by atoms with Crippen LogP contribution in [-0.4, -0.2) is 30.2 Å². The fourth-order valence-corrected chi connectivity index (χ4v) is 2.97. The van der Waals surface area contributed by atoms with Crippen LogP contribution in [0.4, 0.5) is 5.69 Å². The van der Waals surface area contributed by atoms with Crippen molar-refractivity contribution >= 4 is 11.6 Å². The highest BCUT2D eigenvalue weighted by molar-refractivity contribution is 5.94. The second-order valence-corrected chi connectivity index (χ2v) is 6.40. The van der Waals surface area contributed by atoms with E-state index in [1.165, 1.54) is 0 Å². The Morgan fingerprint density at radius 3 is 2.24 bits per heavy atom. The molecular weight excluding hydrogens is 264 g/mol. The van der Waals surface area contributed by atoms with E-state index in [0.717, 1.165) is 36.9 Å². The summed E-state index contributed by atoms with van der Waals surface area (Å²) in [6.45, 7) is 4.24. The lowest BCUT2D eigenvalue weighted by Crippen LogP contribution is -2.36. The smallest absolute Gasteiger partial charge is 0.251 e. The molecule has 2 unspecified atom stereocenters. The summed E-state index contributed by atoms with van der Waals surface area (Å²) >= 11 is 0. The second-order valence-electron chi connectivity index (χ2n) is 6.40. The quantitative estimate of drug-likeness (QED) is 0.895. The maximum atomic E-state index is 11.9. The third-order valence-electron chi connectivity index (χ3n) is 4.13. The fraction of sp³-hybridized carbons (Fsp3) is 0.588. The largest absolute Gasteiger partial charge is 0.382 e. The zero-order valence-electron chi connectivity index (χ0n) is 12.8. The lowest BCUT2D eigenvalue weighted by atomic mass is 9.99. The number of ether oxygens (including phenoxy) is 1. The summed E-state index contributed by atoms with van der Waals surface area (Å²) in [6.07, 6.45) is 4.88. The third kappa shape index (κ3) is 3.97. The molecule has 2 N–H and O–H groups in total. The van der Waals surface area contributed by atoms with Gasteiger partial charge in [0.2, 0.25) is 0 Å². The van der Waals surface area contributed by atoms with Gasteiger partial charge >= 0.3 is 0 Å². The van der Waals surface area contributed by atoms with E-state index in [0.29, 0.717) is 24.3 Å². The molecule has 0 spiro atoms. The number of amides is 1. The van der Waals surface area contributed by atoms with Gasteiger partial charge in [0, 0.05) is 23.3 Å². The number of benzene rings is 1. The minimum absolute atomic E-state index is 0.0392. The maximum absolute atomic E-state index is 11.9. The summed E-state index contributed by atoms with van der Waals surface area (Å²) in [5, 5.41) is 6.56. The molecule has 0 aromatic heterocycles. The Morgan fingerprint density at radius 2 is 1.67 bits per heavy atom. The Hall–Kier alpha value is -1.55. The van der Waals surface area contributed by atoms with Gasteiger partial charge in [0.1, 0.15) is 0 Å². The molecule has 3 rings (SSSR count). The Balaban J connectivity index is 1.57. The summed E-state index contributed by atoms with van der Waals surface area (Å²) in [5.41, 5.74) is 1.81. The van der Waals surface area contributed by atoms with Gasteiger partial charge in [0.05, 0.1) is 12.2 Å². The van der Waals surface area contributed by atoms with Crippen molar-refractivity contribution in [2.75, 3.05) is 5.32 Å². The van der Waals surface area contributed by atoms with E-state index in [1.54, 1.807) is 0 Å². The Kier molecular flexibility index (Phi) is 4.15. The number of anilines is 1. The Labute approximate surface area is 126 Å². The van der Waals surface area contributed by atoms with E-state index in [4.69, 9.17) is 4.74 Å². The van der Waals surface area contributed by atoms with Gasteiger partial charge in [-0.3, -0.25) is 4.79 Å². The fourth-order valence-electron chi connectivity index (χ4n) is 2.97. The van der Waals surface area contributed by atoms with Crippen LogP contribution in [-0.2, 0) is 4.74 Å². The molecule has 1 saturated heterocycles. The van der Waals surface area contributed by atoms with Crippen molar-refractivity contribution in [3.05, 3.63) is 29.8 Å². The van der Waals surface area contributed by atoms with Gasteiger partial charge in [-0.05, 0) is 63.8 Å². The van der Waals surface area contributed by atoms with E-state index in [2.05, 4.69) is 24.5 Å². The topological polar surface area (TPSA) is 50.4 Å². The molecule has 1 amide bonds. The first-order chi connectivity index (χ1) is 10.1. The van der Waals surface area contributed by atoms with Crippen molar-refractivity contribution in [2.24, 2.45) is 0 Å². The van der Waals surface area contributed by atoms with Crippen LogP contribution in [0, 0.1) is 0 Å². The molecule has 1 saturated carbocycles. The molecular formula is C17H24N2O2. The van der Waals surface area contributed by atoms with Crippen molar-refractivity contribution in [1.29, 1.82) is 0 Å². The third-order valence-corrected chi connectivity index (χ3v) is 4.13. The van der Waals surface area contributed by atoms with Crippen LogP contribution in [0.1, 0.15) is 49.9 Å². The van der Waals surface area contributed by atoms with Gasteiger partial charge in [-0.2, -0.15) is 0 Å². The first kappa shape index (κ1) is 14.4. The SMILES string of the molecule is CC1CC(Nc2ccc(C(=O)NC3CC3)cc2)CC(C)O1. The van der Waals surface area contributed by atoms with Crippen LogP contribution < -0.4 is 10.6 Å². The van der Waals surface area contributed by atoms with Gasteiger partial charge in [0.25, 0.3) is 5.91 Å². The number of carbonyl (C=O) groups is 1. The van der Waals surface area contributed by atoms with Crippen LogP contribution in [0.3, 0.4) is 0 Å². The molecule has 114 valence electrons. The Morgan fingerprint density at radius 1 is 1.05 bits per heavy atom. The van der Waals surface area contributed by atoms with E-state index in [9.17, 15) is 4.79 Å². The minimum atomic E-state index is 0.0392. The molecule has 1 aliphatic carbocycles. The average Bonchev–Trinajstić information content (AvgIpc) is 3.22. The lowest BCUT2D eigenvalue weighted by Gasteiger charge is -2.33. The van der Waals surface area contributed by atoms with E-state index in [1.807, 2.05) is 24.3 Å². The molecule has 2 fully saturated rings. The second kappa shape index (κ2) is 6.06. The van der Waals surface area contributed by atoms with Crippen LogP contribution in [0.5, 0.6) is 0 Å². The predicted octanol–water partition coefficient (Wildman–Crippen LogP) is 2.95. The number of nitrogens with one attached hydrogen (secondary N) is 2. The summed E-state index contributed by atoms with van der Waals surface area (Å²) < 4.78 is 5.75. The zero-order chi connectivity index (χ0) is 14.8. The van der Waals surface area contributed by atoms with Crippen molar-refractivity contribution in [3.63, 3.8) is 0 Å². The average molecular weight is 288 g/mol. The summed E-state index contributed by atoms with van der Waals surface area (Å²) in [4.78, 5) is 11.9. The normalized spacial score (nSPS) is 29.0. The van der Waals surface area contributed by atoms with Gasteiger partial charge in [0.15, 0.2) is 0 Å². The number of carbonyl (C=O) groups excluding carboxylic acids is 1. The molecule has 2 atom stereocenters. The standard InChI is InChI=1S/C17H24N2O2/c1-11-9-16(10-12(2)21-11)18-14-5-3-13(4-6-14)17(20)19-15-7-8-15/h3-6,11-12,15-16,18H,7-10H2,1-2H3,(H,19,20). The maximum Gasteiger partial charge on any atom is 0.251 e. The predicted molar refractivity (Wildman–Crippen MR) is 83.6 cm³/mol. The zero-order valence-corrected chi connectivity index (χ0v) is 12.8. The van der Waals surface area contributed by atoms with Crippen molar-refractivity contribution in [2.45, 2.75) is 63.8 Å². The summed E-state index contributed by atoms with van der Waals surface area (Å²) in [5.74, 6) is 0.0392. The summed E-state index contributed by atoms with van der Waals surface area (Å²) in [6, 6.07) is 8.62. The van der Waals surface area contributed by atoms with Crippen LogP contribution >= 0.6 is 0 Å². The molecule has 1 aromatic carbocycles. The van der Waals surface area contributed by atoms with Crippen LogP contribution in [0.15, 0.2) is 24.3 Å². The highest BCUT2D eigenvalue weighted by Gasteiger charge is 2.25. The van der Waals surface area contributed by atoms with Gasteiger partial charge in [-0.15, -0.1) is 0 Å². The molecule has 1 aliphatic heterocycles. The summed E-state index contributed by atoms with van der Waals surface area (Å²) in [7, 11) is 0. The highest BCUT2D eigenvalue weighted by Crippen LogP contribution is 2.23. The van der Waals surface area contributed by atoms with Gasteiger partial charge in [-0.25, -0.2) is 0 Å². The van der Waals surface area contributed by atoms with Gasteiger partial charge in [-0.1, -0.05) is 0 Å². The molecule has 4 heteroatoms. The van der Waals surface area contributed by atoms with Crippen LogP contribution in [0.25, 0.3) is 0 Å². The van der Waals surface area contributed by atoms with Crippen molar-refractivity contribution in [1.82, 2.24) is 5.32 Å². The molecule has 21 heavy (non-hydrogen) atoms. The highest BCUT2D eigenvalue weighted by atomic mass is 16.5. The lowest BCUT2D eigenvalue weighted by molar-refractivity contribution is -0.0337. The molecule has 2 aliphatic rings. The first-order valence-electron chi connectivity index (χ1n) is 7.93. The molecule has 4 nitrogen and oxygen atoms in total. The molecule has 1 aromatic rings. The molecule has 0 radical (unpaired) electrons. The van der Waals surface area contributed by atoms with Gasteiger partial charge < -0.3 is 15.4 Å². The van der Waals surface area contributed by atoms with Crippen LogP contribution in [0.2, 0.25) is 0 Å². The van der Waals surface area contributed by atoms with Crippen molar-refractivity contribution in [3.8, 4) is 0 Å². The van der Waals surface area contributed by atoms with E-state index >= 15 is 0 Å². The number of hydrogen-bond donors (Lipinski definition) is 2. The molecule has 1 heterocycles. The number of rotatable bonds is 4. The Bertz CT molecular complexity index is 486. The van der Waals surface area contributed by atoms with E-state index < -0.39 is 0 Å². The monoisotopic (exact) mass is 288 g/mol. The molecule has 0 bridgehead atoms. The number of hydrogen-bond acceptors (Lipinski definition) is 3. The van der Waals surface area contributed by atoms with Crippen molar-refractivity contribution < 1.29 is 9.53 Å².